The molecule has 0 bridgehead atoms. The Labute approximate surface area is 201 Å². The number of fused-ring (bicyclic) bond motifs is 1. The van der Waals surface area contributed by atoms with Gasteiger partial charge < -0.3 is 0 Å². The Balaban J connectivity index is 1.69. The van der Waals surface area contributed by atoms with Crippen LogP contribution in [0.2, 0.25) is 0 Å². The van der Waals surface area contributed by atoms with Crippen molar-refractivity contribution in [1.29, 1.82) is 0 Å². The zero-order valence-electron chi connectivity index (χ0n) is 18.9. The monoisotopic (exact) mass is 465 g/mol. The fraction of sp³-hybridized carbons (Fsp3) is 0.107. The highest BCUT2D eigenvalue weighted by atomic mass is 32.2. The summed E-state index contributed by atoms with van der Waals surface area (Å²) in [6.07, 6.45) is 2.01. The largest absolute Gasteiger partial charge is 0.336 e. The van der Waals surface area contributed by atoms with E-state index in [1.54, 1.807) is 16.3 Å². The van der Waals surface area contributed by atoms with Gasteiger partial charge in [0.15, 0.2) is 0 Å². The first-order valence-electron chi connectivity index (χ1n) is 11.0. The number of para-hydroxylation sites is 1. The average Bonchev–Trinajstić information content (AvgIpc) is 2.87. The molecule has 0 spiro atoms. The fourth-order valence-electron chi connectivity index (χ4n) is 4.00. The summed E-state index contributed by atoms with van der Waals surface area (Å²) in [7, 11) is 0. The fourth-order valence-corrected chi connectivity index (χ4v) is 4.41. The maximum Gasteiger partial charge on any atom is 0.336 e. The predicted octanol–water partition coefficient (Wildman–Crippen LogP) is 5.29. The van der Waals surface area contributed by atoms with Crippen molar-refractivity contribution in [3.05, 3.63) is 123 Å². The Kier molecular flexibility index (Phi) is 5.90. The normalized spacial score (nSPS) is 11.1. The van der Waals surface area contributed by atoms with E-state index >= 15 is 0 Å². The lowest BCUT2D eigenvalue weighted by molar-refractivity contribution is 0.662. The van der Waals surface area contributed by atoms with E-state index in [1.165, 1.54) is 10.6 Å². The molecule has 2 aromatic heterocycles. The number of pyridine rings is 1. The molecule has 5 rings (SSSR count). The smallest absolute Gasteiger partial charge is 0.269 e. The second-order valence-corrected chi connectivity index (χ2v) is 9.01. The van der Waals surface area contributed by atoms with Gasteiger partial charge in [-0.15, -0.1) is 11.8 Å². The van der Waals surface area contributed by atoms with Crippen molar-refractivity contribution in [1.82, 2.24) is 14.1 Å². The van der Waals surface area contributed by atoms with Crippen molar-refractivity contribution in [2.75, 3.05) is 6.26 Å². The molecule has 0 N–H and O–H groups in total. The van der Waals surface area contributed by atoms with E-state index in [0.29, 0.717) is 17.1 Å². The van der Waals surface area contributed by atoms with E-state index in [-0.39, 0.29) is 12.1 Å². The van der Waals surface area contributed by atoms with Crippen LogP contribution in [0.15, 0.2) is 105 Å². The molecule has 5 nitrogen and oxygen atoms in total. The van der Waals surface area contributed by atoms with Crippen LogP contribution in [0.5, 0.6) is 0 Å². The summed E-state index contributed by atoms with van der Waals surface area (Å²) in [6.45, 7) is 2.10. The summed E-state index contributed by atoms with van der Waals surface area (Å²) in [5.74, 6) is 0. The van der Waals surface area contributed by atoms with Crippen molar-refractivity contribution >= 4 is 22.7 Å². The lowest BCUT2D eigenvalue weighted by Gasteiger charge is -2.16. The Morgan fingerprint density at radius 3 is 2.32 bits per heavy atom. The molecule has 2 heterocycles. The molecule has 0 aliphatic carbocycles. The van der Waals surface area contributed by atoms with Crippen LogP contribution < -0.4 is 11.2 Å². The molecule has 168 valence electrons. The van der Waals surface area contributed by atoms with Gasteiger partial charge in [-0.3, -0.25) is 18.9 Å². The van der Waals surface area contributed by atoms with E-state index in [0.717, 1.165) is 26.9 Å². The minimum Gasteiger partial charge on any atom is -0.269 e. The SMILES string of the molecule is CSc1ccc(-n2c(-c3ccc(C)cc3)cc(=O)n(Cc3ccc4ccccc4n3)c2=O)cc1. The molecular weight excluding hydrogens is 442 g/mol. The number of nitrogens with zero attached hydrogens (tertiary/aromatic N) is 3. The molecule has 0 atom stereocenters. The van der Waals surface area contributed by atoms with Gasteiger partial charge >= 0.3 is 5.69 Å². The average molecular weight is 466 g/mol. The third-order valence-corrected chi connectivity index (χ3v) is 6.59. The Bertz CT molecular complexity index is 1600. The van der Waals surface area contributed by atoms with Crippen LogP contribution in [0.3, 0.4) is 0 Å². The third kappa shape index (κ3) is 4.20. The van der Waals surface area contributed by atoms with Gasteiger partial charge in [-0.25, -0.2) is 4.79 Å². The first kappa shape index (κ1) is 21.9. The molecule has 34 heavy (non-hydrogen) atoms. The molecular formula is C28H23N3O2S. The summed E-state index contributed by atoms with van der Waals surface area (Å²) < 4.78 is 2.86. The molecule has 0 unspecified atom stereocenters. The quantitative estimate of drug-likeness (QED) is 0.331. The summed E-state index contributed by atoms with van der Waals surface area (Å²) in [5, 5.41) is 1.01. The van der Waals surface area contributed by atoms with Crippen LogP contribution in [0.1, 0.15) is 11.3 Å². The number of rotatable bonds is 5. The maximum atomic E-state index is 13.8. The molecule has 0 saturated heterocycles. The second-order valence-electron chi connectivity index (χ2n) is 8.13. The van der Waals surface area contributed by atoms with Crippen LogP contribution >= 0.6 is 11.8 Å². The van der Waals surface area contributed by atoms with Crippen LogP contribution in [-0.2, 0) is 6.54 Å². The van der Waals surface area contributed by atoms with Gasteiger partial charge in [0.05, 0.1) is 29.1 Å². The Morgan fingerprint density at radius 2 is 1.59 bits per heavy atom. The van der Waals surface area contributed by atoms with E-state index in [9.17, 15) is 9.59 Å². The summed E-state index contributed by atoms with van der Waals surface area (Å²) in [6, 6.07) is 28.8. The van der Waals surface area contributed by atoms with Gasteiger partial charge in [0, 0.05) is 16.3 Å². The van der Waals surface area contributed by atoms with Gasteiger partial charge in [0.25, 0.3) is 5.56 Å². The van der Waals surface area contributed by atoms with Crippen molar-refractivity contribution in [2.24, 2.45) is 0 Å². The molecule has 0 amide bonds. The van der Waals surface area contributed by atoms with Gasteiger partial charge in [-0.2, -0.15) is 0 Å². The highest BCUT2D eigenvalue weighted by Gasteiger charge is 2.16. The molecule has 5 aromatic rings. The number of hydrogen-bond acceptors (Lipinski definition) is 4. The van der Waals surface area contributed by atoms with Crippen molar-refractivity contribution < 1.29 is 0 Å². The molecule has 0 saturated carbocycles. The maximum absolute atomic E-state index is 13.8. The molecule has 0 aliphatic heterocycles. The summed E-state index contributed by atoms with van der Waals surface area (Å²) in [5.41, 5.74) is 3.93. The van der Waals surface area contributed by atoms with Crippen molar-refractivity contribution in [3.63, 3.8) is 0 Å². The minimum absolute atomic E-state index is 0.0968. The molecule has 0 aliphatic rings. The number of thioether (sulfide) groups is 1. The standard InChI is InChI=1S/C28H23N3O2S/c1-19-7-9-21(10-8-19)26-17-27(32)30(18-22-12-11-20-5-3-4-6-25(20)29-22)28(33)31(26)23-13-15-24(34-2)16-14-23/h3-17H,18H2,1-2H3. The molecule has 0 radical (unpaired) electrons. The molecule has 0 fully saturated rings. The topological polar surface area (TPSA) is 56.9 Å². The second kappa shape index (κ2) is 9.15. The minimum atomic E-state index is -0.394. The number of aromatic nitrogens is 3. The van der Waals surface area contributed by atoms with Crippen LogP contribution in [0, 0.1) is 6.92 Å². The Hall–Kier alpha value is -3.90. The first-order chi connectivity index (χ1) is 16.5. The number of benzene rings is 3. The number of aryl methyl sites for hydroxylation is 1. The lowest BCUT2D eigenvalue weighted by Crippen LogP contribution is -2.40. The van der Waals surface area contributed by atoms with E-state index in [2.05, 4.69) is 4.98 Å². The van der Waals surface area contributed by atoms with Gasteiger partial charge in [-0.1, -0.05) is 54.1 Å². The highest BCUT2D eigenvalue weighted by molar-refractivity contribution is 7.98. The van der Waals surface area contributed by atoms with Crippen molar-refractivity contribution in [2.45, 2.75) is 18.4 Å². The van der Waals surface area contributed by atoms with E-state index < -0.39 is 5.69 Å². The predicted molar refractivity (Wildman–Crippen MR) is 139 cm³/mol. The van der Waals surface area contributed by atoms with Crippen LogP contribution in [0.4, 0.5) is 0 Å². The summed E-state index contributed by atoms with van der Waals surface area (Å²) in [4.78, 5) is 32.7. The van der Waals surface area contributed by atoms with Crippen LogP contribution in [-0.4, -0.2) is 20.4 Å². The van der Waals surface area contributed by atoms with Gasteiger partial charge in [-0.05, 0) is 55.1 Å². The third-order valence-electron chi connectivity index (χ3n) is 5.84. The first-order valence-corrected chi connectivity index (χ1v) is 12.2. The molecule has 3 aromatic carbocycles. The van der Waals surface area contributed by atoms with Gasteiger partial charge in [0.2, 0.25) is 0 Å². The van der Waals surface area contributed by atoms with E-state index in [1.807, 2.05) is 98.1 Å². The van der Waals surface area contributed by atoms with Crippen LogP contribution in [0.25, 0.3) is 27.8 Å². The zero-order valence-corrected chi connectivity index (χ0v) is 19.8. The van der Waals surface area contributed by atoms with Gasteiger partial charge in [0.1, 0.15) is 0 Å². The molecule has 6 heteroatoms. The summed E-state index contributed by atoms with van der Waals surface area (Å²) >= 11 is 1.64. The van der Waals surface area contributed by atoms with Crippen molar-refractivity contribution in [3.8, 4) is 16.9 Å². The number of hydrogen-bond donors (Lipinski definition) is 0. The Morgan fingerprint density at radius 1 is 0.853 bits per heavy atom. The van der Waals surface area contributed by atoms with E-state index in [4.69, 9.17) is 0 Å². The zero-order chi connectivity index (χ0) is 23.7. The highest BCUT2D eigenvalue weighted by Crippen LogP contribution is 2.23. The lowest BCUT2D eigenvalue weighted by atomic mass is 10.1.